The largest absolute Gasteiger partial charge is 0.493 e. The number of carbonyl (C=O) groups is 1. The maximum absolute atomic E-state index is 11.0. The monoisotopic (exact) mass is 262 g/mol. The van der Waals surface area contributed by atoms with Crippen LogP contribution in [0.25, 0.3) is 0 Å². The standard InChI is InChI=1S/C16H22O3/c1-10-6-11(2)15(19-9-13-4-5-13)14(7-10)8-12(3)16(17)18/h6-7,12-13H,4-5,8-9H2,1-3H3,(H,17,18). The molecule has 0 radical (unpaired) electrons. The number of hydrogen-bond donors (Lipinski definition) is 1. The van der Waals surface area contributed by atoms with E-state index in [4.69, 9.17) is 9.84 Å². The van der Waals surface area contributed by atoms with Gasteiger partial charge in [0.2, 0.25) is 0 Å². The van der Waals surface area contributed by atoms with Crippen molar-refractivity contribution >= 4 is 5.97 Å². The van der Waals surface area contributed by atoms with Gasteiger partial charge in [0.15, 0.2) is 0 Å². The van der Waals surface area contributed by atoms with Crippen molar-refractivity contribution in [2.45, 2.75) is 40.0 Å². The molecule has 1 aliphatic rings. The summed E-state index contributed by atoms with van der Waals surface area (Å²) >= 11 is 0. The second kappa shape index (κ2) is 5.64. The highest BCUT2D eigenvalue weighted by atomic mass is 16.5. The first-order valence-corrected chi connectivity index (χ1v) is 6.93. The highest BCUT2D eigenvalue weighted by Gasteiger charge is 2.23. The molecule has 3 heteroatoms. The first-order chi connectivity index (χ1) is 8.97. The van der Waals surface area contributed by atoms with Crippen LogP contribution in [0.4, 0.5) is 0 Å². The molecule has 1 N–H and O–H groups in total. The zero-order chi connectivity index (χ0) is 14.0. The van der Waals surface area contributed by atoms with Gasteiger partial charge in [0.05, 0.1) is 12.5 Å². The van der Waals surface area contributed by atoms with Gasteiger partial charge in [0, 0.05) is 0 Å². The Bertz CT molecular complexity index is 475. The lowest BCUT2D eigenvalue weighted by molar-refractivity contribution is -0.141. The fourth-order valence-corrected chi connectivity index (χ4v) is 2.30. The van der Waals surface area contributed by atoms with Gasteiger partial charge < -0.3 is 9.84 Å². The van der Waals surface area contributed by atoms with Crippen molar-refractivity contribution in [2.24, 2.45) is 11.8 Å². The summed E-state index contributed by atoms with van der Waals surface area (Å²) in [6, 6.07) is 4.14. The minimum absolute atomic E-state index is 0.385. The molecular formula is C16H22O3. The quantitative estimate of drug-likeness (QED) is 0.855. The number of hydrogen-bond acceptors (Lipinski definition) is 2. The van der Waals surface area contributed by atoms with Gasteiger partial charge in [0.1, 0.15) is 5.75 Å². The van der Waals surface area contributed by atoms with E-state index in [-0.39, 0.29) is 5.92 Å². The lowest BCUT2D eigenvalue weighted by atomic mass is 9.96. The highest BCUT2D eigenvalue weighted by molar-refractivity contribution is 5.70. The predicted octanol–water partition coefficient (Wildman–Crippen LogP) is 3.36. The smallest absolute Gasteiger partial charge is 0.306 e. The summed E-state index contributed by atoms with van der Waals surface area (Å²) in [5, 5.41) is 9.06. The van der Waals surface area contributed by atoms with Crippen molar-refractivity contribution in [2.75, 3.05) is 6.61 Å². The first kappa shape index (κ1) is 13.9. The molecule has 1 aliphatic carbocycles. The van der Waals surface area contributed by atoms with Gasteiger partial charge in [-0.15, -0.1) is 0 Å². The summed E-state index contributed by atoms with van der Waals surface area (Å²) in [6.07, 6.45) is 3.04. The zero-order valence-electron chi connectivity index (χ0n) is 11.9. The van der Waals surface area contributed by atoms with E-state index < -0.39 is 5.97 Å². The van der Waals surface area contributed by atoms with E-state index in [1.54, 1.807) is 6.92 Å². The first-order valence-electron chi connectivity index (χ1n) is 6.93. The van der Waals surface area contributed by atoms with Gasteiger partial charge >= 0.3 is 5.97 Å². The molecule has 104 valence electrons. The Kier molecular flexibility index (Phi) is 4.13. The van der Waals surface area contributed by atoms with E-state index in [0.717, 1.165) is 29.0 Å². The summed E-state index contributed by atoms with van der Waals surface area (Å²) in [7, 11) is 0. The van der Waals surface area contributed by atoms with Crippen molar-refractivity contribution in [3.63, 3.8) is 0 Å². The molecule has 1 aromatic carbocycles. The van der Waals surface area contributed by atoms with Crippen LogP contribution >= 0.6 is 0 Å². The van der Waals surface area contributed by atoms with E-state index in [0.29, 0.717) is 12.3 Å². The van der Waals surface area contributed by atoms with Crippen molar-refractivity contribution in [3.8, 4) is 5.75 Å². The Balaban J connectivity index is 2.19. The second-order valence-corrected chi connectivity index (χ2v) is 5.77. The Morgan fingerprint density at radius 1 is 1.42 bits per heavy atom. The normalized spacial score (nSPS) is 16.2. The van der Waals surface area contributed by atoms with Crippen LogP contribution < -0.4 is 4.74 Å². The van der Waals surface area contributed by atoms with Crippen LogP contribution in [0, 0.1) is 25.7 Å². The van der Waals surface area contributed by atoms with Crippen LogP contribution in [0.15, 0.2) is 12.1 Å². The topological polar surface area (TPSA) is 46.5 Å². The van der Waals surface area contributed by atoms with Crippen LogP contribution in [0.2, 0.25) is 0 Å². The van der Waals surface area contributed by atoms with Gasteiger partial charge in [-0.2, -0.15) is 0 Å². The molecule has 0 spiro atoms. The minimum Gasteiger partial charge on any atom is -0.493 e. The molecule has 3 nitrogen and oxygen atoms in total. The van der Waals surface area contributed by atoms with E-state index in [1.165, 1.54) is 12.8 Å². The summed E-state index contributed by atoms with van der Waals surface area (Å²) in [4.78, 5) is 11.0. The second-order valence-electron chi connectivity index (χ2n) is 5.77. The molecule has 19 heavy (non-hydrogen) atoms. The van der Waals surface area contributed by atoms with Gasteiger partial charge in [-0.1, -0.05) is 24.6 Å². The third-order valence-corrected chi connectivity index (χ3v) is 3.60. The van der Waals surface area contributed by atoms with Crippen molar-refractivity contribution < 1.29 is 14.6 Å². The van der Waals surface area contributed by atoms with Crippen molar-refractivity contribution in [1.29, 1.82) is 0 Å². The van der Waals surface area contributed by atoms with E-state index >= 15 is 0 Å². The molecule has 1 unspecified atom stereocenters. The Hall–Kier alpha value is -1.51. The third kappa shape index (κ3) is 3.72. The fourth-order valence-electron chi connectivity index (χ4n) is 2.30. The Labute approximate surface area is 114 Å². The average Bonchev–Trinajstić information content (AvgIpc) is 3.11. The van der Waals surface area contributed by atoms with E-state index in [2.05, 4.69) is 12.1 Å². The number of benzene rings is 1. The summed E-state index contributed by atoms with van der Waals surface area (Å²) in [5.41, 5.74) is 3.28. The zero-order valence-corrected chi connectivity index (χ0v) is 11.9. The number of ether oxygens (including phenoxy) is 1. The number of carboxylic acids is 1. The maximum atomic E-state index is 11.0. The summed E-state index contributed by atoms with van der Waals surface area (Å²) in [6.45, 7) is 6.57. The summed E-state index contributed by atoms with van der Waals surface area (Å²) in [5.74, 6) is 0.452. The number of carboxylic acid groups (broad SMARTS) is 1. The molecule has 1 aromatic rings. The van der Waals surface area contributed by atoms with Crippen LogP contribution in [0.1, 0.15) is 36.5 Å². The molecule has 0 saturated heterocycles. The molecule has 0 heterocycles. The summed E-state index contributed by atoms with van der Waals surface area (Å²) < 4.78 is 5.93. The van der Waals surface area contributed by atoms with Crippen LogP contribution in [-0.4, -0.2) is 17.7 Å². The average molecular weight is 262 g/mol. The van der Waals surface area contributed by atoms with E-state index in [9.17, 15) is 4.79 Å². The van der Waals surface area contributed by atoms with Gasteiger partial charge in [-0.25, -0.2) is 0 Å². The minimum atomic E-state index is -0.757. The SMILES string of the molecule is Cc1cc(C)c(OCC2CC2)c(CC(C)C(=O)O)c1. The van der Waals surface area contributed by atoms with Gasteiger partial charge in [-0.05, 0) is 50.2 Å². The fraction of sp³-hybridized carbons (Fsp3) is 0.562. The van der Waals surface area contributed by atoms with Crippen molar-refractivity contribution in [1.82, 2.24) is 0 Å². The van der Waals surface area contributed by atoms with Crippen LogP contribution in [-0.2, 0) is 11.2 Å². The highest BCUT2D eigenvalue weighted by Crippen LogP contribution is 2.33. The third-order valence-electron chi connectivity index (χ3n) is 3.60. The Morgan fingerprint density at radius 3 is 2.68 bits per heavy atom. The van der Waals surface area contributed by atoms with Crippen LogP contribution in [0.5, 0.6) is 5.75 Å². The lowest BCUT2D eigenvalue weighted by Crippen LogP contribution is -2.14. The lowest BCUT2D eigenvalue weighted by Gasteiger charge is -2.16. The molecular weight excluding hydrogens is 240 g/mol. The molecule has 1 saturated carbocycles. The molecule has 1 atom stereocenters. The van der Waals surface area contributed by atoms with Crippen LogP contribution in [0.3, 0.4) is 0 Å². The van der Waals surface area contributed by atoms with Gasteiger partial charge in [0.25, 0.3) is 0 Å². The number of aliphatic carboxylic acids is 1. The molecule has 1 fully saturated rings. The molecule has 0 aromatic heterocycles. The Morgan fingerprint density at radius 2 is 2.11 bits per heavy atom. The van der Waals surface area contributed by atoms with Crippen molar-refractivity contribution in [3.05, 3.63) is 28.8 Å². The molecule has 0 aliphatic heterocycles. The number of rotatable bonds is 6. The maximum Gasteiger partial charge on any atom is 0.306 e. The van der Waals surface area contributed by atoms with Gasteiger partial charge in [-0.3, -0.25) is 4.79 Å². The molecule has 0 bridgehead atoms. The molecule has 2 rings (SSSR count). The van der Waals surface area contributed by atoms with E-state index in [1.807, 2.05) is 13.8 Å². The molecule has 0 amide bonds. The predicted molar refractivity (Wildman–Crippen MR) is 74.6 cm³/mol. The number of aryl methyl sites for hydroxylation is 2.